The highest BCUT2D eigenvalue weighted by Crippen LogP contribution is 2.16. The summed E-state index contributed by atoms with van der Waals surface area (Å²) in [6.07, 6.45) is 0.415. The molecular weight excluding hydrogens is 270 g/mol. The van der Waals surface area contributed by atoms with Crippen LogP contribution in [0.15, 0.2) is 30.3 Å². The Labute approximate surface area is 124 Å². The minimum atomic E-state index is -0.338. The van der Waals surface area contributed by atoms with Crippen molar-refractivity contribution in [2.45, 2.75) is 19.1 Å². The van der Waals surface area contributed by atoms with Crippen LogP contribution in [0.25, 0.3) is 0 Å². The van der Waals surface area contributed by atoms with Gasteiger partial charge in [-0.15, -0.1) is 0 Å². The maximum atomic E-state index is 12.0. The van der Waals surface area contributed by atoms with Gasteiger partial charge in [0, 0.05) is 20.1 Å². The molecule has 21 heavy (non-hydrogen) atoms. The van der Waals surface area contributed by atoms with Gasteiger partial charge in [0.2, 0.25) is 5.91 Å². The molecule has 1 fully saturated rings. The standard InChI is InChI=1S/C15H21N3O3/c1-17(14(19)9-16)13-7-8-18(10-13)15(20)21-11-12-5-3-2-4-6-12/h2-6,13H,7-11,16H2,1H3/t13-/m1/s1. The Morgan fingerprint density at radius 2 is 2.10 bits per heavy atom. The molecule has 0 radical (unpaired) electrons. The number of likely N-dealkylation sites (tertiary alicyclic amines) is 1. The molecule has 1 heterocycles. The summed E-state index contributed by atoms with van der Waals surface area (Å²) in [5.41, 5.74) is 6.31. The molecule has 0 aromatic heterocycles. The van der Waals surface area contributed by atoms with Crippen molar-refractivity contribution in [3.05, 3.63) is 35.9 Å². The molecule has 114 valence electrons. The van der Waals surface area contributed by atoms with E-state index in [1.807, 2.05) is 30.3 Å². The van der Waals surface area contributed by atoms with Crippen LogP contribution in [0.3, 0.4) is 0 Å². The molecule has 0 aliphatic carbocycles. The predicted molar refractivity (Wildman–Crippen MR) is 78.4 cm³/mol. The maximum Gasteiger partial charge on any atom is 0.410 e. The summed E-state index contributed by atoms with van der Waals surface area (Å²) < 4.78 is 5.29. The van der Waals surface area contributed by atoms with Gasteiger partial charge in [0.15, 0.2) is 0 Å². The van der Waals surface area contributed by atoms with Crippen LogP contribution in [0.1, 0.15) is 12.0 Å². The van der Waals surface area contributed by atoms with Crippen molar-refractivity contribution in [1.82, 2.24) is 9.80 Å². The summed E-state index contributed by atoms with van der Waals surface area (Å²) in [5.74, 6) is -0.112. The Morgan fingerprint density at radius 1 is 1.38 bits per heavy atom. The Bertz CT molecular complexity index is 492. The minimum absolute atomic E-state index is 0.00848. The van der Waals surface area contributed by atoms with Crippen LogP contribution in [0, 0.1) is 0 Å². The summed E-state index contributed by atoms with van der Waals surface area (Å²) in [7, 11) is 1.72. The van der Waals surface area contributed by atoms with Crippen LogP contribution < -0.4 is 5.73 Å². The molecule has 1 atom stereocenters. The normalized spacial score (nSPS) is 17.6. The Hall–Kier alpha value is -2.08. The van der Waals surface area contributed by atoms with Gasteiger partial charge in [0.1, 0.15) is 6.61 Å². The smallest absolute Gasteiger partial charge is 0.410 e. The zero-order chi connectivity index (χ0) is 15.2. The lowest BCUT2D eigenvalue weighted by Crippen LogP contribution is -2.42. The van der Waals surface area contributed by atoms with Crippen LogP contribution in [0.5, 0.6) is 0 Å². The van der Waals surface area contributed by atoms with Crippen molar-refractivity contribution in [1.29, 1.82) is 0 Å². The predicted octanol–water partition coefficient (Wildman–Crippen LogP) is 0.815. The Balaban J connectivity index is 1.81. The van der Waals surface area contributed by atoms with Gasteiger partial charge in [-0.2, -0.15) is 0 Å². The van der Waals surface area contributed by atoms with Crippen molar-refractivity contribution in [2.24, 2.45) is 5.73 Å². The lowest BCUT2D eigenvalue weighted by Gasteiger charge is -2.24. The number of rotatable bonds is 4. The number of nitrogens with zero attached hydrogens (tertiary/aromatic N) is 2. The van der Waals surface area contributed by atoms with Crippen LogP contribution >= 0.6 is 0 Å². The molecule has 1 aromatic carbocycles. The molecule has 6 heteroatoms. The van der Waals surface area contributed by atoms with Crippen LogP contribution in [0.4, 0.5) is 4.79 Å². The van der Waals surface area contributed by atoms with Crippen molar-refractivity contribution in [3.63, 3.8) is 0 Å². The third-order valence-electron chi connectivity index (χ3n) is 3.74. The fraction of sp³-hybridized carbons (Fsp3) is 0.467. The third kappa shape index (κ3) is 3.95. The van der Waals surface area contributed by atoms with E-state index in [-0.39, 0.29) is 31.2 Å². The number of ether oxygens (including phenoxy) is 1. The number of amides is 2. The lowest BCUT2D eigenvalue weighted by molar-refractivity contribution is -0.130. The molecule has 0 unspecified atom stereocenters. The number of likely N-dealkylation sites (N-methyl/N-ethyl adjacent to an activating group) is 1. The second kappa shape index (κ2) is 7.08. The summed E-state index contributed by atoms with van der Waals surface area (Å²) in [6.45, 7) is 1.35. The zero-order valence-corrected chi connectivity index (χ0v) is 12.2. The second-order valence-corrected chi connectivity index (χ2v) is 5.14. The largest absolute Gasteiger partial charge is 0.445 e. The van der Waals surface area contributed by atoms with E-state index in [0.29, 0.717) is 13.1 Å². The highest BCUT2D eigenvalue weighted by atomic mass is 16.6. The number of benzene rings is 1. The van der Waals surface area contributed by atoms with E-state index in [9.17, 15) is 9.59 Å². The first-order chi connectivity index (χ1) is 10.1. The molecule has 0 bridgehead atoms. The van der Waals surface area contributed by atoms with Gasteiger partial charge in [-0.3, -0.25) is 4.79 Å². The van der Waals surface area contributed by atoms with E-state index in [1.54, 1.807) is 16.8 Å². The lowest BCUT2D eigenvalue weighted by atomic mass is 10.2. The summed E-state index contributed by atoms with van der Waals surface area (Å²) in [4.78, 5) is 26.8. The summed E-state index contributed by atoms with van der Waals surface area (Å²) >= 11 is 0. The molecule has 2 amide bonds. The molecule has 2 rings (SSSR count). The van der Waals surface area contributed by atoms with Crippen molar-refractivity contribution in [2.75, 3.05) is 26.7 Å². The van der Waals surface area contributed by atoms with Gasteiger partial charge in [-0.1, -0.05) is 30.3 Å². The molecule has 2 N–H and O–H groups in total. The van der Waals surface area contributed by atoms with Crippen LogP contribution in [-0.4, -0.2) is 54.5 Å². The summed E-state index contributed by atoms with van der Waals surface area (Å²) in [6, 6.07) is 9.57. The monoisotopic (exact) mass is 291 g/mol. The first-order valence-electron chi connectivity index (χ1n) is 7.03. The average molecular weight is 291 g/mol. The van der Waals surface area contributed by atoms with Crippen LogP contribution in [0.2, 0.25) is 0 Å². The van der Waals surface area contributed by atoms with Crippen molar-refractivity contribution < 1.29 is 14.3 Å². The van der Waals surface area contributed by atoms with Gasteiger partial charge >= 0.3 is 6.09 Å². The first kappa shape index (κ1) is 15.3. The van der Waals surface area contributed by atoms with E-state index in [1.165, 1.54) is 0 Å². The molecule has 1 saturated heterocycles. The van der Waals surface area contributed by atoms with E-state index < -0.39 is 0 Å². The Kier molecular flexibility index (Phi) is 5.16. The van der Waals surface area contributed by atoms with Gasteiger partial charge in [-0.05, 0) is 12.0 Å². The molecule has 6 nitrogen and oxygen atoms in total. The topological polar surface area (TPSA) is 75.9 Å². The minimum Gasteiger partial charge on any atom is -0.445 e. The van der Waals surface area contributed by atoms with Gasteiger partial charge in [0.25, 0.3) is 0 Å². The molecule has 1 aliphatic rings. The zero-order valence-electron chi connectivity index (χ0n) is 12.2. The van der Waals surface area contributed by atoms with Crippen LogP contribution in [-0.2, 0) is 16.1 Å². The van der Waals surface area contributed by atoms with E-state index in [2.05, 4.69) is 0 Å². The number of carbonyl (C=O) groups excluding carboxylic acids is 2. The molecule has 1 aliphatic heterocycles. The van der Waals surface area contributed by atoms with Crippen molar-refractivity contribution in [3.8, 4) is 0 Å². The Morgan fingerprint density at radius 3 is 2.76 bits per heavy atom. The number of carbonyl (C=O) groups is 2. The van der Waals surface area contributed by atoms with Crippen molar-refractivity contribution >= 4 is 12.0 Å². The number of hydrogen-bond donors (Lipinski definition) is 1. The first-order valence-corrected chi connectivity index (χ1v) is 7.03. The average Bonchev–Trinajstić information content (AvgIpc) is 3.02. The maximum absolute atomic E-state index is 12.0. The number of hydrogen-bond acceptors (Lipinski definition) is 4. The fourth-order valence-corrected chi connectivity index (χ4v) is 2.38. The molecule has 1 aromatic rings. The van der Waals surface area contributed by atoms with E-state index in [4.69, 9.17) is 10.5 Å². The van der Waals surface area contributed by atoms with Gasteiger partial charge in [-0.25, -0.2) is 4.79 Å². The summed E-state index contributed by atoms with van der Waals surface area (Å²) in [5, 5.41) is 0. The van der Waals surface area contributed by atoms with Gasteiger partial charge < -0.3 is 20.3 Å². The molecule has 0 spiro atoms. The quantitative estimate of drug-likeness (QED) is 0.891. The highest BCUT2D eigenvalue weighted by molar-refractivity contribution is 5.78. The SMILES string of the molecule is CN(C(=O)CN)[C@@H]1CCN(C(=O)OCc2ccccc2)C1. The van der Waals surface area contributed by atoms with E-state index >= 15 is 0 Å². The molecular formula is C15H21N3O3. The number of nitrogens with two attached hydrogens (primary N) is 1. The molecule has 0 saturated carbocycles. The van der Waals surface area contributed by atoms with E-state index in [0.717, 1.165) is 12.0 Å². The fourth-order valence-electron chi connectivity index (χ4n) is 2.38. The van der Waals surface area contributed by atoms with Gasteiger partial charge in [0.05, 0.1) is 12.6 Å². The third-order valence-corrected chi connectivity index (χ3v) is 3.74. The highest BCUT2D eigenvalue weighted by Gasteiger charge is 2.31. The second-order valence-electron chi connectivity index (χ2n) is 5.14.